The van der Waals surface area contributed by atoms with Gasteiger partial charge in [0.1, 0.15) is 6.61 Å². The first kappa shape index (κ1) is 16.8. The maximum atomic E-state index is 14.9. The molecule has 3 aromatic rings. The zero-order valence-electron chi connectivity index (χ0n) is 14.7. The van der Waals surface area contributed by atoms with Crippen molar-refractivity contribution >= 4 is 11.0 Å². The summed E-state index contributed by atoms with van der Waals surface area (Å²) in [5, 5.41) is 7.36. The monoisotopic (exact) mass is 356 g/mol. The Morgan fingerprint density at radius 2 is 2.23 bits per heavy atom. The molecule has 4 heterocycles. The largest absolute Gasteiger partial charge is 0.473 e. The minimum Gasteiger partial charge on any atom is -0.473 e. The van der Waals surface area contributed by atoms with Crippen LogP contribution in [-0.4, -0.2) is 50.1 Å². The summed E-state index contributed by atoms with van der Waals surface area (Å²) < 4.78 is 22.5. The second-order valence-corrected chi connectivity index (χ2v) is 6.54. The first-order chi connectivity index (χ1) is 12.7. The summed E-state index contributed by atoms with van der Waals surface area (Å²) in [5.74, 6) is 0.303. The molecule has 1 unspecified atom stereocenters. The van der Waals surface area contributed by atoms with Crippen LogP contribution in [0.2, 0.25) is 0 Å². The van der Waals surface area contributed by atoms with Gasteiger partial charge in [-0.05, 0) is 32.4 Å². The fourth-order valence-electron chi connectivity index (χ4n) is 3.11. The predicted molar refractivity (Wildman–Crippen MR) is 95.7 cm³/mol. The van der Waals surface area contributed by atoms with Crippen molar-refractivity contribution in [2.75, 3.05) is 19.7 Å². The molecule has 3 aromatic heterocycles. The van der Waals surface area contributed by atoms with Gasteiger partial charge in [0.05, 0.1) is 17.4 Å². The lowest BCUT2D eigenvalue weighted by atomic mass is 9.97. The molecule has 1 aliphatic rings. The van der Waals surface area contributed by atoms with E-state index in [4.69, 9.17) is 4.74 Å². The van der Waals surface area contributed by atoms with Gasteiger partial charge in [-0.1, -0.05) is 0 Å². The molecule has 1 saturated heterocycles. The van der Waals surface area contributed by atoms with Crippen LogP contribution < -0.4 is 10.1 Å². The molecule has 1 fully saturated rings. The predicted octanol–water partition coefficient (Wildman–Crippen LogP) is 2.38. The Hall–Kier alpha value is -2.61. The number of nitrogens with zero attached hydrogens (tertiary/aromatic N) is 5. The lowest BCUT2D eigenvalue weighted by Gasteiger charge is -2.29. The molecule has 0 aliphatic carbocycles. The molecule has 1 aliphatic heterocycles. The quantitative estimate of drug-likeness (QED) is 0.756. The molecule has 8 heteroatoms. The van der Waals surface area contributed by atoms with Crippen molar-refractivity contribution in [2.45, 2.75) is 32.0 Å². The van der Waals surface area contributed by atoms with Gasteiger partial charge in [0, 0.05) is 37.2 Å². The van der Waals surface area contributed by atoms with E-state index in [1.807, 2.05) is 23.9 Å². The van der Waals surface area contributed by atoms with Crippen molar-refractivity contribution in [3.63, 3.8) is 0 Å². The number of fused-ring (bicyclic) bond motifs is 1. The molecule has 1 atom stereocenters. The highest BCUT2D eigenvalue weighted by molar-refractivity contribution is 5.83. The molecular weight excluding hydrogens is 335 g/mol. The Kier molecular flexibility index (Phi) is 4.50. The van der Waals surface area contributed by atoms with E-state index in [0.717, 1.165) is 25.1 Å². The summed E-state index contributed by atoms with van der Waals surface area (Å²) in [5.41, 5.74) is 1.34. The van der Waals surface area contributed by atoms with Gasteiger partial charge in [-0.2, -0.15) is 5.10 Å². The molecule has 7 nitrogen and oxygen atoms in total. The van der Waals surface area contributed by atoms with Crippen molar-refractivity contribution in [1.82, 2.24) is 30.0 Å². The Bertz CT molecular complexity index is 906. The minimum absolute atomic E-state index is 0.0592. The van der Waals surface area contributed by atoms with Gasteiger partial charge in [-0.3, -0.25) is 9.67 Å². The normalized spacial score (nSPS) is 20.4. The standard InChI is InChI=1S/C18H21FN6O/c1-2-25-10-13(9-23-25)14-8-15-16(22-7-6-21-15)17(24-14)26-12-18(19)4-3-5-20-11-18/h6-10,20H,2-5,11-12H2,1H3. The highest BCUT2D eigenvalue weighted by atomic mass is 19.1. The van der Waals surface area contributed by atoms with E-state index in [1.54, 1.807) is 18.6 Å². The van der Waals surface area contributed by atoms with Gasteiger partial charge in [0.25, 0.3) is 0 Å². The minimum atomic E-state index is -1.39. The zero-order chi connectivity index (χ0) is 18.0. The van der Waals surface area contributed by atoms with E-state index in [0.29, 0.717) is 35.6 Å². The van der Waals surface area contributed by atoms with E-state index >= 15 is 0 Å². The molecule has 136 valence electrons. The number of pyridine rings is 1. The van der Waals surface area contributed by atoms with Gasteiger partial charge >= 0.3 is 0 Å². The third-order valence-corrected chi connectivity index (χ3v) is 4.57. The van der Waals surface area contributed by atoms with E-state index in [1.165, 1.54) is 0 Å². The molecule has 0 amide bonds. The number of rotatable bonds is 5. The van der Waals surface area contributed by atoms with Crippen LogP contribution in [0.4, 0.5) is 4.39 Å². The van der Waals surface area contributed by atoms with Crippen LogP contribution in [0, 0.1) is 0 Å². The highest BCUT2D eigenvalue weighted by Gasteiger charge is 2.33. The van der Waals surface area contributed by atoms with Crippen molar-refractivity contribution in [3.05, 3.63) is 30.9 Å². The number of aryl methyl sites for hydroxylation is 1. The molecule has 0 bridgehead atoms. The number of hydrogen-bond acceptors (Lipinski definition) is 6. The second-order valence-electron chi connectivity index (χ2n) is 6.54. The van der Waals surface area contributed by atoms with E-state index in [9.17, 15) is 4.39 Å². The number of halogens is 1. The van der Waals surface area contributed by atoms with Crippen LogP contribution >= 0.6 is 0 Å². The van der Waals surface area contributed by atoms with Gasteiger partial charge in [-0.15, -0.1) is 0 Å². The number of nitrogens with one attached hydrogen (secondary N) is 1. The summed E-state index contributed by atoms with van der Waals surface area (Å²) in [7, 11) is 0. The topological polar surface area (TPSA) is 77.8 Å². The van der Waals surface area contributed by atoms with Crippen molar-refractivity contribution in [2.24, 2.45) is 0 Å². The molecule has 26 heavy (non-hydrogen) atoms. The molecular formula is C18H21FN6O. The lowest BCUT2D eigenvalue weighted by Crippen LogP contribution is -2.46. The van der Waals surface area contributed by atoms with Crippen LogP contribution in [-0.2, 0) is 6.54 Å². The van der Waals surface area contributed by atoms with E-state index in [2.05, 4.69) is 25.4 Å². The number of piperidine rings is 1. The molecule has 1 N–H and O–H groups in total. The summed E-state index contributed by atoms with van der Waals surface area (Å²) in [6.07, 6.45) is 8.14. The van der Waals surface area contributed by atoms with Crippen molar-refractivity contribution in [3.8, 4) is 17.1 Å². The molecule has 0 saturated carbocycles. The van der Waals surface area contributed by atoms with Gasteiger partial charge in [0.15, 0.2) is 11.2 Å². The maximum Gasteiger partial charge on any atom is 0.242 e. The molecule has 0 aromatic carbocycles. The van der Waals surface area contributed by atoms with Gasteiger partial charge in [0.2, 0.25) is 5.88 Å². The number of hydrogen-bond donors (Lipinski definition) is 1. The Balaban J connectivity index is 1.67. The van der Waals surface area contributed by atoms with Crippen molar-refractivity contribution in [1.29, 1.82) is 0 Å². The van der Waals surface area contributed by atoms with Gasteiger partial charge < -0.3 is 10.1 Å². The molecule has 0 spiro atoms. The van der Waals surface area contributed by atoms with Crippen LogP contribution in [0.5, 0.6) is 5.88 Å². The first-order valence-electron chi connectivity index (χ1n) is 8.84. The van der Waals surface area contributed by atoms with Gasteiger partial charge in [-0.25, -0.2) is 14.4 Å². The molecule has 0 radical (unpaired) electrons. The highest BCUT2D eigenvalue weighted by Crippen LogP contribution is 2.28. The first-order valence-corrected chi connectivity index (χ1v) is 8.84. The smallest absolute Gasteiger partial charge is 0.242 e. The number of aromatic nitrogens is 5. The average Bonchev–Trinajstić information content (AvgIpc) is 3.16. The summed E-state index contributed by atoms with van der Waals surface area (Å²) in [6, 6.07) is 1.85. The Morgan fingerprint density at radius 1 is 1.35 bits per heavy atom. The summed E-state index contributed by atoms with van der Waals surface area (Å²) in [4.78, 5) is 13.2. The van der Waals surface area contributed by atoms with Crippen LogP contribution in [0.15, 0.2) is 30.9 Å². The van der Waals surface area contributed by atoms with Crippen molar-refractivity contribution < 1.29 is 9.13 Å². The average molecular weight is 356 g/mol. The number of ether oxygens (including phenoxy) is 1. The lowest BCUT2D eigenvalue weighted by molar-refractivity contribution is 0.0580. The fraction of sp³-hybridized carbons (Fsp3) is 0.444. The second kappa shape index (κ2) is 6.95. The van der Waals surface area contributed by atoms with Crippen LogP contribution in [0.3, 0.4) is 0 Å². The molecule has 4 rings (SSSR count). The summed E-state index contributed by atoms with van der Waals surface area (Å²) >= 11 is 0. The number of alkyl halides is 1. The third-order valence-electron chi connectivity index (χ3n) is 4.57. The SMILES string of the molecule is CCn1cc(-c2cc3nccnc3c(OCC3(F)CCCNC3)n2)cn1. The maximum absolute atomic E-state index is 14.9. The zero-order valence-corrected chi connectivity index (χ0v) is 14.7. The van der Waals surface area contributed by atoms with E-state index < -0.39 is 5.67 Å². The van der Waals surface area contributed by atoms with E-state index in [-0.39, 0.29) is 6.61 Å². The van der Waals surface area contributed by atoms with Crippen LogP contribution in [0.1, 0.15) is 19.8 Å². The van der Waals surface area contributed by atoms with Crippen LogP contribution in [0.25, 0.3) is 22.3 Å². The Labute approximate surface area is 150 Å². The fourth-order valence-corrected chi connectivity index (χ4v) is 3.11. The third kappa shape index (κ3) is 3.37. The Morgan fingerprint density at radius 3 is 3.00 bits per heavy atom. The summed E-state index contributed by atoms with van der Waals surface area (Å²) in [6.45, 7) is 3.86.